The third-order valence-electron chi connectivity index (χ3n) is 2.63. The van der Waals surface area contributed by atoms with Gasteiger partial charge in [-0.3, -0.25) is 4.90 Å². The van der Waals surface area contributed by atoms with Gasteiger partial charge < -0.3 is 0 Å². The summed E-state index contributed by atoms with van der Waals surface area (Å²) in [6.07, 6.45) is -3.62. The summed E-state index contributed by atoms with van der Waals surface area (Å²) in [5.74, 6) is 0.474. The van der Waals surface area contributed by atoms with Crippen LogP contribution < -0.4 is 0 Å². The summed E-state index contributed by atoms with van der Waals surface area (Å²) in [6, 6.07) is 0.377. The maximum atomic E-state index is 11.9. The zero-order valence-electron chi connectivity index (χ0n) is 8.06. The highest BCUT2D eigenvalue weighted by Crippen LogP contribution is 2.27. The fourth-order valence-electron chi connectivity index (χ4n) is 1.76. The molecule has 78 valence electrons. The molecule has 1 saturated heterocycles. The van der Waals surface area contributed by atoms with Crippen LogP contribution in [0.1, 0.15) is 26.7 Å². The molecule has 0 saturated carbocycles. The number of nitrogens with zero attached hydrogens (tertiary/aromatic N) is 1. The molecule has 1 aliphatic heterocycles. The van der Waals surface area contributed by atoms with Gasteiger partial charge >= 0.3 is 6.18 Å². The van der Waals surface area contributed by atoms with Crippen molar-refractivity contribution in [3.63, 3.8) is 0 Å². The van der Waals surface area contributed by atoms with Crippen molar-refractivity contribution in [3.8, 4) is 0 Å². The molecule has 1 rings (SSSR count). The predicted molar refractivity (Wildman–Crippen MR) is 45.5 cm³/mol. The lowest BCUT2D eigenvalue weighted by atomic mass is 9.92. The standard InChI is InChI=1S/C9H16F3N/c1-7(2)8-3-5-13(8)6-4-9(10,11)12/h7-8H,3-6H2,1-2H3/t8-/m0/s1. The average molecular weight is 195 g/mol. The molecule has 0 aromatic carbocycles. The monoisotopic (exact) mass is 195 g/mol. The predicted octanol–water partition coefficient (Wildman–Crippen LogP) is 2.67. The quantitative estimate of drug-likeness (QED) is 0.669. The molecule has 1 atom stereocenters. The van der Waals surface area contributed by atoms with Gasteiger partial charge in [-0.15, -0.1) is 0 Å². The van der Waals surface area contributed by atoms with E-state index in [0.29, 0.717) is 12.0 Å². The summed E-state index contributed by atoms with van der Waals surface area (Å²) in [5, 5.41) is 0. The first-order chi connectivity index (χ1) is 5.90. The van der Waals surface area contributed by atoms with E-state index in [0.717, 1.165) is 13.0 Å². The van der Waals surface area contributed by atoms with Crippen molar-refractivity contribution in [1.82, 2.24) is 4.90 Å². The van der Waals surface area contributed by atoms with Crippen LogP contribution in [-0.2, 0) is 0 Å². The molecule has 0 radical (unpaired) electrons. The molecular weight excluding hydrogens is 179 g/mol. The highest BCUT2D eigenvalue weighted by molar-refractivity contribution is 4.85. The lowest BCUT2D eigenvalue weighted by molar-refractivity contribution is -0.143. The van der Waals surface area contributed by atoms with Gasteiger partial charge in [-0.05, 0) is 18.9 Å². The van der Waals surface area contributed by atoms with Gasteiger partial charge in [0.15, 0.2) is 0 Å². The van der Waals surface area contributed by atoms with Crippen LogP contribution in [0.25, 0.3) is 0 Å². The molecular formula is C9H16F3N. The molecule has 1 aliphatic rings. The van der Waals surface area contributed by atoms with Crippen LogP contribution in [0.4, 0.5) is 13.2 Å². The maximum Gasteiger partial charge on any atom is 0.390 e. The Balaban J connectivity index is 2.23. The van der Waals surface area contributed by atoms with E-state index >= 15 is 0 Å². The summed E-state index contributed by atoms with van der Waals surface area (Å²) >= 11 is 0. The van der Waals surface area contributed by atoms with Gasteiger partial charge in [0, 0.05) is 12.6 Å². The summed E-state index contributed by atoms with van der Waals surface area (Å²) in [7, 11) is 0. The zero-order chi connectivity index (χ0) is 10.1. The maximum absolute atomic E-state index is 11.9. The minimum Gasteiger partial charge on any atom is -0.300 e. The van der Waals surface area contributed by atoms with Crippen LogP contribution >= 0.6 is 0 Å². The van der Waals surface area contributed by atoms with Crippen LogP contribution in [0.3, 0.4) is 0 Å². The number of alkyl halides is 3. The topological polar surface area (TPSA) is 3.24 Å². The SMILES string of the molecule is CC(C)[C@@H]1CCN1CCC(F)(F)F. The number of hydrogen-bond donors (Lipinski definition) is 0. The Kier molecular flexibility index (Phi) is 3.22. The smallest absolute Gasteiger partial charge is 0.300 e. The minimum absolute atomic E-state index is 0.173. The van der Waals surface area contributed by atoms with Gasteiger partial charge in [-0.1, -0.05) is 13.8 Å². The summed E-state index contributed by atoms with van der Waals surface area (Å²) in [6.45, 7) is 5.13. The van der Waals surface area contributed by atoms with E-state index in [-0.39, 0.29) is 6.54 Å². The molecule has 1 nitrogen and oxygen atoms in total. The van der Waals surface area contributed by atoms with Crippen LogP contribution in [0.5, 0.6) is 0 Å². The Morgan fingerprint density at radius 2 is 2.00 bits per heavy atom. The Morgan fingerprint density at radius 1 is 1.38 bits per heavy atom. The Morgan fingerprint density at radius 3 is 2.31 bits per heavy atom. The Hall–Kier alpha value is -0.250. The summed E-state index contributed by atoms with van der Waals surface area (Å²) in [5.41, 5.74) is 0. The minimum atomic E-state index is -4.00. The Labute approximate surface area is 76.9 Å². The summed E-state index contributed by atoms with van der Waals surface area (Å²) < 4.78 is 35.6. The van der Waals surface area contributed by atoms with Gasteiger partial charge in [0.1, 0.15) is 0 Å². The molecule has 1 fully saturated rings. The van der Waals surface area contributed by atoms with E-state index in [1.54, 1.807) is 0 Å². The molecule has 0 aromatic rings. The van der Waals surface area contributed by atoms with Crippen LogP contribution in [0, 0.1) is 5.92 Å². The molecule has 13 heavy (non-hydrogen) atoms. The Bertz CT molecular complexity index is 165. The zero-order valence-corrected chi connectivity index (χ0v) is 8.06. The van der Waals surface area contributed by atoms with Crippen LogP contribution in [0.15, 0.2) is 0 Å². The van der Waals surface area contributed by atoms with Crippen molar-refractivity contribution in [2.45, 2.75) is 38.9 Å². The molecule has 0 aromatic heterocycles. The fraction of sp³-hybridized carbons (Fsp3) is 1.00. The fourth-order valence-corrected chi connectivity index (χ4v) is 1.76. The van der Waals surface area contributed by atoms with E-state index in [4.69, 9.17) is 0 Å². The lowest BCUT2D eigenvalue weighted by Gasteiger charge is -2.43. The molecule has 4 heteroatoms. The van der Waals surface area contributed by atoms with Crippen molar-refractivity contribution < 1.29 is 13.2 Å². The van der Waals surface area contributed by atoms with Crippen LogP contribution in [0.2, 0.25) is 0 Å². The molecule has 1 heterocycles. The van der Waals surface area contributed by atoms with Crippen molar-refractivity contribution in [2.24, 2.45) is 5.92 Å². The highest BCUT2D eigenvalue weighted by atomic mass is 19.4. The van der Waals surface area contributed by atoms with E-state index in [2.05, 4.69) is 13.8 Å². The second-order valence-electron chi connectivity index (χ2n) is 4.00. The van der Waals surface area contributed by atoms with Crippen LogP contribution in [-0.4, -0.2) is 30.2 Å². The third-order valence-corrected chi connectivity index (χ3v) is 2.63. The van der Waals surface area contributed by atoms with Gasteiger partial charge in [0.05, 0.1) is 6.42 Å². The van der Waals surface area contributed by atoms with Gasteiger partial charge in [0.25, 0.3) is 0 Å². The number of halogens is 3. The molecule has 0 aliphatic carbocycles. The van der Waals surface area contributed by atoms with E-state index in [1.807, 2.05) is 4.90 Å². The second kappa shape index (κ2) is 3.86. The molecule has 0 N–H and O–H groups in total. The van der Waals surface area contributed by atoms with E-state index < -0.39 is 12.6 Å². The first-order valence-electron chi connectivity index (χ1n) is 4.71. The number of likely N-dealkylation sites (tertiary alicyclic amines) is 1. The first-order valence-corrected chi connectivity index (χ1v) is 4.71. The molecule has 0 unspecified atom stereocenters. The lowest BCUT2D eigenvalue weighted by Crippen LogP contribution is -2.51. The highest BCUT2D eigenvalue weighted by Gasteiger charge is 2.34. The number of rotatable bonds is 3. The molecule has 0 spiro atoms. The number of hydrogen-bond acceptors (Lipinski definition) is 1. The summed E-state index contributed by atoms with van der Waals surface area (Å²) in [4.78, 5) is 1.93. The average Bonchev–Trinajstić information content (AvgIpc) is 1.79. The van der Waals surface area contributed by atoms with E-state index in [9.17, 15) is 13.2 Å². The van der Waals surface area contributed by atoms with Gasteiger partial charge in [-0.2, -0.15) is 13.2 Å². The molecule has 0 bridgehead atoms. The van der Waals surface area contributed by atoms with Crippen molar-refractivity contribution in [2.75, 3.05) is 13.1 Å². The third kappa shape index (κ3) is 3.18. The van der Waals surface area contributed by atoms with E-state index in [1.165, 1.54) is 0 Å². The first kappa shape index (κ1) is 10.8. The van der Waals surface area contributed by atoms with Crippen molar-refractivity contribution in [3.05, 3.63) is 0 Å². The molecule has 0 amide bonds. The largest absolute Gasteiger partial charge is 0.390 e. The van der Waals surface area contributed by atoms with Gasteiger partial charge in [-0.25, -0.2) is 0 Å². The van der Waals surface area contributed by atoms with Crippen molar-refractivity contribution >= 4 is 0 Å². The second-order valence-corrected chi connectivity index (χ2v) is 4.00. The normalized spacial score (nSPS) is 24.9. The van der Waals surface area contributed by atoms with Crippen molar-refractivity contribution in [1.29, 1.82) is 0 Å². The van der Waals surface area contributed by atoms with Gasteiger partial charge in [0.2, 0.25) is 0 Å².